The molecule has 2 aliphatic rings. The lowest BCUT2D eigenvalue weighted by Crippen LogP contribution is -2.44. The van der Waals surface area contributed by atoms with Crippen LogP contribution in [0.5, 0.6) is 0 Å². The van der Waals surface area contributed by atoms with Gasteiger partial charge in [0.1, 0.15) is 0 Å². The summed E-state index contributed by atoms with van der Waals surface area (Å²) in [6.45, 7) is 5.39. The van der Waals surface area contributed by atoms with Crippen molar-refractivity contribution in [3.8, 4) is 0 Å². The van der Waals surface area contributed by atoms with Crippen molar-refractivity contribution < 1.29 is 9.59 Å². The Kier molecular flexibility index (Phi) is 3.70. The second-order valence-corrected chi connectivity index (χ2v) is 6.40. The number of benzene rings is 1. The molecule has 0 aliphatic carbocycles. The molecule has 0 spiro atoms. The van der Waals surface area contributed by atoms with E-state index in [-0.39, 0.29) is 29.6 Å². The van der Waals surface area contributed by atoms with Gasteiger partial charge in [0, 0.05) is 24.7 Å². The smallest absolute Gasteiger partial charge is 0.232 e. The fourth-order valence-corrected chi connectivity index (χ4v) is 3.55. The monoisotopic (exact) mass is 286 g/mol. The molecule has 0 bridgehead atoms. The highest BCUT2D eigenvalue weighted by Crippen LogP contribution is 2.40. The van der Waals surface area contributed by atoms with Crippen molar-refractivity contribution in [1.82, 2.24) is 4.90 Å². The van der Waals surface area contributed by atoms with Crippen LogP contribution in [-0.2, 0) is 9.59 Å². The normalized spacial score (nSPS) is 24.9. The van der Waals surface area contributed by atoms with Gasteiger partial charge < -0.3 is 10.2 Å². The van der Waals surface area contributed by atoms with E-state index in [0.29, 0.717) is 6.54 Å². The average Bonchev–Trinajstić information content (AvgIpc) is 2.82. The quantitative estimate of drug-likeness (QED) is 0.908. The molecule has 4 nitrogen and oxygen atoms in total. The van der Waals surface area contributed by atoms with E-state index in [0.717, 1.165) is 30.6 Å². The van der Waals surface area contributed by atoms with Crippen LogP contribution in [0.2, 0.25) is 0 Å². The molecule has 0 saturated carbocycles. The van der Waals surface area contributed by atoms with Crippen LogP contribution in [0.3, 0.4) is 0 Å². The lowest BCUT2D eigenvalue weighted by atomic mass is 9.81. The predicted octanol–water partition coefficient (Wildman–Crippen LogP) is 2.62. The van der Waals surface area contributed by atoms with Crippen LogP contribution in [0.4, 0.5) is 5.69 Å². The van der Waals surface area contributed by atoms with E-state index >= 15 is 0 Å². The van der Waals surface area contributed by atoms with Gasteiger partial charge in [0.25, 0.3) is 0 Å². The van der Waals surface area contributed by atoms with Crippen molar-refractivity contribution in [2.45, 2.75) is 32.6 Å². The van der Waals surface area contributed by atoms with Crippen molar-refractivity contribution in [1.29, 1.82) is 0 Å². The standard InChI is InChI=1S/C17H22N2O2/c1-11(2)17(21)19-9-5-6-12(10-19)15-13-7-3-4-8-14(13)18-16(15)20/h3-4,7-8,11-12,15H,5-6,9-10H2,1-2H3,(H,18,20). The molecule has 1 fully saturated rings. The molecule has 1 aromatic rings. The Morgan fingerprint density at radius 2 is 2.10 bits per heavy atom. The first kappa shape index (κ1) is 14.1. The summed E-state index contributed by atoms with van der Waals surface area (Å²) in [6, 6.07) is 7.90. The molecule has 0 radical (unpaired) electrons. The van der Waals surface area contributed by atoms with E-state index < -0.39 is 0 Å². The van der Waals surface area contributed by atoms with Crippen molar-refractivity contribution in [2.24, 2.45) is 11.8 Å². The van der Waals surface area contributed by atoms with Crippen LogP contribution < -0.4 is 5.32 Å². The van der Waals surface area contributed by atoms with Gasteiger partial charge in [-0.1, -0.05) is 32.0 Å². The van der Waals surface area contributed by atoms with Crippen molar-refractivity contribution in [2.75, 3.05) is 18.4 Å². The van der Waals surface area contributed by atoms with Gasteiger partial charge in [0.2, 0.25) is 11.8 Å². The van der Waals surface area contributed by atoms with Gasteiger partial charge in [-0.3, -0.25) is 9.59 Å². The zero-order valence-electron chi connectivity index (χ0n) is 12.6. The molecule has 1 saturated heterocycles. The van der Waals surface area contributed by atoms with E-state index in [1.165, 1.54) is 0 Å². The number of anilines is 1. The fraction of sp³-hybridized carbons (Fsp3) is 0.529. The Bertz CT molecular complexity index is 568. The number of nitrogens with one attached hydrogen (secondary N) is 1. The largest absolute Gasteiger partial charge is 0.342 e. The van der Waals surface area contributed by atoms with E-state index in [9.17, 15) is 9.59 Å². The average molecular weight is 286 g/mol. The number of piperidine rings is 1. The molecule has 2 aliphatic heterocycles. The molecule has 1 N–H and O–H groups in total. The Hall–Kier alpha value is -1.84. The first-order valence-electron chi connectivity index (χ1n) is 7.76. The highest BCUT2D eigenvalue weighted by atomic mass is 16.2. The zero-order valence-corrected chi connectivity index (χ0v) is 12.6. The molecule has 0 aromatic heterocycles. The lowest BCUT2D eigenvalue weighted by molar-refractivity contribution is -0.137. The van der Waals surface area contributed by atoms with Crippen LogP contribution in [0.25, 0.3) is 0 Å². The Balaban J connectivity index is 1.81. The number of fused-ring (bicyclic) bond motifs is 1. The van der Waals surface area contributed by atoms with Crippen molar-refractivity contribution in [3.63, 3.8) is 0 Å². The van der Waals surface area contributed by atoms with Gasteiger partial charge >= 0.3 is 0 Å². The van der Waals surface area contributed by atoms with E-state index in [1.54, 1.807) is 0 Å². The molecule has 112 valence electrons. The molecule has 2 atom stereocenters. The van der Waals surface area contributed by atoms with Gasteiger partial charge in [-0.25, -0.2) is 0 Å². The summed E-state index contributed by atoms with van der Waals surface area (Å²) in [4.78, 5) is 26.5. The summed E-state index contributed by atoms with van der Waals surface area (Å²) in [5, 5.41) is 2.97. The Labute approximate surface area is 125 Å². The van der Waals surface area contributed by atoms with Crippen LogP contribution >= 0.6 is 0 Å². The molecule has 2 amide bonds. The Morgan fingerprint density at radius 3 is 2.86 bits per heavy atom. The highest BCUT2D eigenvalue weighted by Gasteiger charge is 2.39. The third-order valence-electron chi connectivity index (χ3n) is 4.57. The minimum atomic E-state index is -0.107. The number of hydrogen-bond acceptors (Lipinski definition) is 2. The first-order chi connectivity index (χ1) is 10.1. The topological polar surface area (TPSA) is 49.4 Å². The number of carbonyl (C=O) groups excluding carboxylic acids is 2. The highest BCUT2D eigenvalue weighted by molar-refractivity contribution is 6.03. The molecule has 1 aromatic carbocycles. The minimum Gasteiger partial charge on any atom is -0.342 e. The second kappa shape index (κ2) is 5.51. The number of likely N-dealkylation sites (tertiary alicyclic amines) is 1. The molecule has 4 heteroatoms. The predicted molar refractivity (Wildman–Crippen MR) is 82.0 cm³/mol. The molecule has 2 heterocycles. The number of nitrogens with zero attached hydrogens (tertiary/aromatic N) is 1. The first-order valence-corrected chi connectivity index (χ1v) is 7.76. The van der Waals surface area contributed by atoms with E-state index in [4.69, 9.17) is 0 Å². The molecule has 3 rings (SSSR count). The second-order valence-electron chi connectivity index (χ2n) is 6.40. The molecular weight excluding hydrogens is 264 g/mol. The molecule has 2 unspecified atom stereocenters. The summed E-state index contributed by atoms with van der Waals surface area (Å²) >= 11 is 0. The summed E-state index contributed by atoms with van der Waals surface area (Å²) in [6.07, 6.45) is 1.99. The zero-order chi connectivity index (χ0) is 15.0. The third kappa shape index (κ3) is 2.55. The molecular formula is C17H22N2O2. The summed E-state index contributed by atoms with van der Waals surface area (Å²) in [7, 11) is 0. The van der Waals surface area contributed by atoms with E-state index in [2.05, 4.69) is 5.32 Å². The van der Waals surface area contributed by atoms with Crippen molar-refractivity contribution in [3.05, 3.63) is 29.8 Å². The number of carbonyl (C=O) groups is 2. The van der Waals surface area contributed by atoms with Crippen molar-refractivity contribution >= 4 is 17.5 Å². The van der Waals surface area contributed by atoms with Crippen LogP contribution in [-0.4, -0.2) is 29.8 Å². The van der Waals surface area contributed by atoms with Gasteiger partial charge in [-0.15, -0.1) is 0 Å². The number of rotatable bonds is 2. The lowest BCUT2D eigenvalue weighted by Gasteiger charge is -2.36. The third-order valence-corrected chi connectivity index (χ3v) is 4.57. The number of para-hydroxylation sites is 1. The summed E-state index contributed by atoms with van der Waals surface area (Å²) in [5.74, 6) is 0.425. The Morgan fingerprint density at radius 1 is 1.33 bits per heavy atom. The fourth-order valence-electron chi connectivity index (χ4n) is 3.55. The maximum atomic E-state index is 12.3. The van der Waals surface area contributed by atoms with Gasteiger partial charge in [0.05, 0.1) is 5.92 Å². The van der Waals surface area contributed by atoms with Crippen LogP contribution in [0, 0.1) is 11.8 Å². The summed E-state index contributed by atoms with van der Waals surface area (Å²) < 4.78 is 0. The number of hydrogen-bond donors (Lipinski definition) is 1. The minimum absolute atomic E-state index is 0.0217. The van der Waals surface area contributed by atoms with Gasteiger partial charge in [-0.2, -0.15) is 0 Å². The maximum Gasteiger partial charge on any atom is 0.232 e. The summed E-state index contributed by atoms with van der Waals surface area (Å²) in [5.41, 5.74) is 2.02. The maximum absolute atomic E-state index is 12.3. The SMILES string of the molecule is CC(C)C(=O)N1CCCC(C2C(=O)Nc3ccccc32)C1. The number of amides is 2. The molecule has 21 heavy (non-hydrogen) atoms. The van der Waals surface area contributed by atoms with Gasteiger partial charge in [0.15, 0.2) is 0 Å². The van der Waals surface area contributed by atoms with Gasteiger partial charge in [-0.05, 0) is 30.4 Å². The van der Waals surface area contributed by atoms with E-state index in [1.807, 2.05) is 43.0 Å². The van der Waals surface area contributed by atoms with Crippen LogP contribution in [0.1, 0.15) is 38.2 Å². The van der Waals surface area contributed by atoms with Crippen LogP contribution in [0.15, 0.2) is 24.3 Å².